The van der Waals surface area contributed by atoms with E-state index in [1.807, 2.05) is 0 Å². The van der Waals surface area contributed by atoms with Crippen molar-refractivity contribution >= 4 is 12.1 Å². The molecule has 0 radical (unpaired) electrons. The predicted octanol–water partition coefficient (Wildman–Crippen LogP) is 2.37. The fraction of sp³-hybridized carbons (Fsp3) is 0.846. The van der Waals surface area contributed by atoms with Gasteiger partial charge in [-0.25, -0.2) is 9.59 Å². The van der Waals surface area contributed by atoms with Crippen LogP contribution in [0.2, 0.25) is 0 Å². The summed E-state index contributed by atoms with van der Waals surface area (Å²) in [4.78, 5) is 23.3. The van der Waals surface area contributed by atoms with Crippen molar-refractivity contribution in [3.05, 3.63) is 0 Å². The number of carbonyl (C=O) groups is 2. The lowest BCUT2D eigenvalue weighted by atomic mass is 9.85. The van der Waals surface area contributed by atoms with E-state index in [9.17, 15) is 9.59 Å². The molecule has 0 amide bonds. The van der Waals surface area contributed by atoms with Crippen LogP contribution in [0.4, 0.5) is 4.79 Å². The van der Waals surface area contributed by atoms with Gasteiger partial charge in [0.15, 0.2) is 0 Å². The van der Waals surface area contributed by atoms with Gasteiger partial charge in [0.2, 0.25) is 0 Å². The van der Waals surface area contributed by atoms with Crippen molar-refractivity contribution in [1.82, 2.24) is 0 Å². The molecule has 0 bridgehead atoms. The Morgan fingerprint density at radius 3 is 2.06 bits per heavy atom. The van der Waals surface area contributed by atoms with Gasteiger partial charge in [-0.2, -0.15) is 0 Å². The van der Waals surface area contributed by atoms with E-state index in [2.05, 4.69) is 4.74 Å². The first kappa shape index (κ1) is 15.0. The lowest BCUT2D eigenvalue weighted by Gasteiger charge is -2.28. The zero-order chi connectivity index (χ0) is 14.0. The molecule has 0 heterocycles. The minimum atomic E-state index is -1.12. The first-order chi connectivity index (χ1) is 8.13. The Balaban J connectivity index is 2.56. The van der Waals surface area contributed by atoms with Gasteiger partial charge in [0.25, 0.3) is 0 Å². The minimum absolute atomic E-state index is 0.0763. The molecule has 5 heteroatoms. The topological polar surface area (TPSA) is 78.6 Å². The van der Waals surface area contributed by atoms with E-state index in [4.69, 9.17) is 10.5 Å². The number of ether oxygens (including phenoxy) is 2. The Labute approximate surface area is 108 Å². The lowest BCUT2D eigenvalue weighted by molar-refractivity contribution is -0.149. The summed E-state index contributed by atoms with van der Waals surface area (Å²) >= 11 is 0. The summed E-state index contributed by atoms with van der Waals surface area (Å²) in [6.07, 6.45) is 2.95. The molecular weight excluding hydrogens is 234 g/mol. The lowest BCUT2D eigenvalue weighted by Crippen LogP contribution is -2.52. The molecule has 0 aromatic rings. The molecule has 2 N–H and O–H groups in total. The molecule has 1 fully saturated rings. The number of nitrogens with two attached hydrogens (primary N) is 1. The quantitative estimate of drug-likeness (QED) is 0.607. The van der Waals surface area contributed by atoms with Crippen molar-refractivity contribution in [2.24, 2.45) is 11.7 Å². The summed E-state index contributed by atoms with van der Waals surface area (Å²) < 4.78 is 9.61. The fourth-order valence-corrected chi connectivity index (χ4v) is 2.15. The molecule has 1 rings (SSSR count). The highest BCUT2D eigenvalue weighted by atomic mass is 16.7. The van der Waals surface area contributed by atoms with Gasteiger partial charge in [-0.3, -0.25) is 0 Å². The molecule has 104 valence electrons. The number of esters is 1. The van der Waals surface area contributed by atoms with E-state index in [-0.39, 0.29) is 5.92 Å². The SMILES string of the molecule is CC(C)(C)OC(=O)OC(=O)C(C)(N)C1CCCC1. The van der Waals surface area contributed by atoms with Gasteiger partial charge in [-0.15, -0.1) is 0 Å². The van der Waals surface area contributed by atoms with Crippen LogP contribution in [-0.4, -0.2) is 23.3 Å². The Bertz CT molecular complexity index is 324. The molecule has 18 heavy (non-hydrogen) atoms. The van der Waals surface area contributed by atoms with E-state index < -0.39 is 23.3 Å². The van der Waals surface area contributed by atoms with Crippen LogP contribution in [-0.2, 0) is 14.3 Å². The number of carbonyl (C=O) groups excluding carboxylic acids is 2. The van der Waals surface area contributed by atoms with Gasteiger partial charge < -0.3 is 15.2 Å². The van der Waals surface area contributed by atoms with Crippen LogP contribution in [0, 0.1) is 5.92 Å². The second kappa shape index (κ2) is 5.26. The van der Waals surface area contributed by atoms with E-state index in [1.165, 1.54) is 0 Å². The number of hydrogen-bond donors (Lipinski definition) is 1. The summed E-state index contributed by atoms with van der Waals surface area (Å²) in [6, 6.07) is 0. The summed E-state index contributed by atoms with van der Waals surface area (Å²) in [5, 5.41) is 0. The first-order valence-corrected chi connectivity index (χ1v) is 6.37. The Hall–Kier alpha value is -1.10. The van der Waals surface area contributed by atoms with Gasteiger partial charge >= 0.3 is 12.1 Å². The van der Waals surface area contributed by atoms with Gasteiger partial charge in [0.1, 0.15) is 11.1 Å². The van der Waals surface area contributed by atoms with E-state index in [1.54, 1.807) is 27.7 Å². The molecule has 0 aliphatic heterocycles. The van der Waals surface area contributed by atoms with Crippen LogP contribution in [0.25, 0.3) is 0 Å². The van der Waals surface area contributed by atoms with Crippen molar-refractivity contribution < 1.29 is 19.1 Å². The molecule has 0 spiro atoms. The van der Waals surface area contributed by atoms with Crippen LogP contribution in [0.15, 0.2) is 0 Å². The van der Waals surface area contributed by atoms with Crippen LogP contribution in [0.5, 0.6) is 0 Å². The predicted molar refractivity (Wildman–Crippen MR) is 66.9 cm³/mol. The Morgan fingerprint density at radius 1 is 1.11 bits per heavy atom. The highest BCUT2D eigenvalue weighted by Gasteiger charge is 2.41. The summed E-state index contributed by atoms with van der Waals surface area (Å²) in [7, 11) is 0. The third-order valence-electron chi connectivity index (χ3n) is 3.21. The largest absolute Gasteiger partial charge is 0.516 e. The van der Waals surface area contributed by atoms with E-state index in [0.717, 1.165) is 25.7 Å². The normalized spacial score (nSPS) is 20.3. The van der Waals surface area contributed by atoms with Gasteiger partial charge in [0.05, 0.1) is 0 Å². The van der Waals surface area contributed by atoms with Crippen LogP contribution in [0.1, 0.15) is 53.4 Å². The average Bonchev–Trinajstić information content (AvgIpc) is 2.66. The van der Waals surface area contributed by atoms with Crippen molar-refractivity contribution in [3.8, 4) is 0 Å². The zero-order valence-electron chi connectivity index (χ0n) is 11.6. The Morgan fingerprint density at radius 2 is 1.61 bits per heavy atom. The van der Waals surface area contributed by atoms with Gasteiger partial charge in [-0.05, 0) is 46.5 Å². The van der Waals surface area contributed by atoms with Crippen molar-refractivity contribution in [2.75, 3.05) is 0 Å². The summed E-state index contributed by atoms with van der Waals surface area (Å²) in [5.41, 5.74) is 4.19. The maximum absolute atomic E-state index is 11.9. The van der Waals surface area contributed by atoms with E-state index >= 15 is 0 Å². The minimum Gasteiger partial charge on any atom is -0.428 e. The smallest absolute Gasteiger partial charge is 0.428 e. The molecular formula is C13H23NO4. The fourth-order valence-electron chi connectivity index (χ4n) is 2.15. The molecule has 1 saturated carbocycles. The molecule has 0 aromatic carbocycles. The maximum atomic E-state index is 11.9. The molecule has 0 aromatic heterocycles. The summed E-state index contributed by atoms with van der Waals surface area (Å²) in [5.74, 6) is -0.629. The maximum Gasteiger partial charge on any atom is 0.516 e. The molecule has 5 nitrogen and oxygen atoms in total. The Kier molecular flexibility index (Phi) is 4.37. The van der Waals surface area contributed by atoms with Crippen molar-refractivity contribution in [1.29, 1.82) is 0 Å². The molecule has 1 aliphatic carbocycles. The molecule has 1 unspecified atom stereocenters. The third-order valence-corrected chi connectivity index (χ3v) is 3.21. The molecule has 0 saturated heterocycles. The first-order valence-electron chi connectivity index (χ1n) is 6.37. The van der Waals surface area contributed by atoms with Crippen LogP contribution >= 0.6 is 0 Å². The summed E-state index contributed by atoms with van der Waals surface area (Å²) in [6.45, 7) is 6.74. The van der Waals surface area contributed by atoms with Crippen molar-refractivity contribution in [3.63, 3.8) is 0 Å². The van der Waals surface area contributed by atoms with Gasteiger partial charge in [-0.1, -0.05) is 12.8 Å². The van der Waals surface area contributed by atoms with E-state index in [0.29, 0.717) is 0 Å². The molecule has 1 aliphatic rings. The van der Waals surface area contributed by atoms with Crippen molar-refractivity contribution in [2.45, 2.75) is 64.5 Å². The second-order valence-corrected chi connectivity index (χ2v) is 6.12. The zero-order valence-corrected chi connectivity index (χ0v) is 11.6. The van der Waals surface area contributed by atoms with Crippen LogP contribution < -0.4 is 5.73 Å². The molecule has 1 atom stereocenters. The average molecular weight is 257 g/mol. The number of rotatable bonds is 2. The second-order valence-electron chi connectivity index (χ2n) is 6.12. The standard InChI is InChI=1S/C13H23NO4/c1-12(2,3)18-11(16)17-10(15)13(4,14)9-7-5-6-8-9/h9H,5-8,14H2,1-4H3. The highest BCUT2D eigenvalue weighted by molar-refractivity contribution is 5.88. The van der Waals surface area contributed by atoms with Crippen LogP contribution in [0.3, 0.4) is 0 Å². The van der Waals surface area contributed by atoms with Gasteiger partial charge in [0, 0.05) is 0 Å². The third kappa shape index (κ3) is 3.98. The monoisotopic (exact) mass is 257 g/mol. The number of hydrogen-bond acceptors (Lipinski definition) is 5. The highest BCUT2D eigenvalue weighted by Crippen LogP contribution is 2.33.